The Morgan fingerprint density at radius 1 is 1.09 bits per heavy atom. The first-order chi connectivity index (χ1) is 20.7. The smallest absolute Gasteiger partial charge is 0.379 e. The molecule has 12 heteroatoms. The maximum atomic E-state index is 14.2. The molecule has 0 saturated carbocycles. The summed E-state index contributed by atoms with van der Waals surface area (Å²) < 4.78 is 47.5. The third kappa shape index (κ3) is 6.60. The number of ether oxygens (including phenoxy) is 1. The number of hydrogen-bond donors (Lipinski definition) is 2. The van der Waals surface area contributed by atoms with Gasteiger partial charge in [-0.2, -0.15) is 13.2 Å². The molecule has 4 amide bonds. The van der Waals surface area contributed by atoms with Crippen LogP contribution in [0.15, 0.2) is 78.5 Å². The van der Waals surface area contributed by atoms with E-state index >= 15 is 0 Å². The van der Waals surface area contributed by atoms with Gasteiger partial charge in [0.25, 0.3) is 5.91 Å². The van der Waals surface area contributed by atoms with Crippen LogP contribution in [0.25, 0.3) is 0 Å². The minimum absolute atomic E-state index is 0.0114. The quantitative estimate of drug-likeness (QED) is 0.411. The van der Waals surface area contributed by atoms with E-state index in [0.29, 0.717) is 26.3 Å². The van der Waals surface area contributed by atoms with Crippen LogP contribution in [0, 0.1) is 0 Å². The molecule has 2 aromatic rings. The third-order valence-electron chi connectivity index (χ3n) is 7.92. The van der Waals surface area contributed by atoms with E-state index in [9.17, 15) is 27.6 Å². The van der Waals surface area contributed by atoms with Gasteiger partial charge in [0, 0.05) is 39.1 Å². The lowest BCUT2D eigenvalue weighted by Crippen LogP contribution is -2.51. The van der Waals surface area contributed by atoms with Crippen molar-refractivity contribution in [2.24, 2.45) is 0 Å². The number of alkyl halides is 3. The van der Waals surface area contributed by atoms with Crippen LogP contribution in [-0.4, -0.2) is 91.1 Å². The topological polar surface area (TPSA) is 94.2 Å². The molecule has 2 atom stereocenters. The highest BCUT2D eigenvalue weighted by Gasteiger charge is 2.48. The fraction of sp³-hybridized carbons (Fsp3) is 0.387. The Balaban J connectivity index is 1.47. The van der Waals surface area contributed by atoms with E-state index in [1.54, 1.807) is 0 Å². The average molecular weight is 598 g/mol. The molecule has 43 heavy (non-hydrogen) atoms. The number of urea groups is 1. The van der Waals surface area contributed by atoms with Gasteiger partial charge in [-0.1, -0.05) is 54.6 Å². The largest absolute Gasteiger partial charge is 0.416 e. The van der Waals surface area contributed by atoms with Crippen molar-refractivity contribution < 1.29 is 32.3 Å². The molecule has 228 valence electrons. The molecule has 2 aromatic carbocycles. The number of nitrogens with one attached hydrogen (secondary N) is 2. The lowest BCUT2D eigenvalue weighted by Gasteiger charge is -2.33. The van der Waals surface area contributed by atoms with Gasteiger partial charge in [-0.15, -0.1) is 6.58 Å². The molecule has 3 aliphatic rings. The predicted molar refractivity (Wildman–Crippen MR) is 153 cm³/mol. The summed E-state index contributed by atoms with van der Waals surface area (Å²) >= 11 is 0. The molecule has 0 aliphatic carbocycles. The number of rotatable bonds is 10. The Morgan fingerprint density at radius 2 is 1.79 bits per heavy atom. The van der Waals surface area contributed by atoms with Crippen molar-refractivity contribution in [3.8, 4) is 0 Å². The number of hydrogen-bond acceptors (Lipinski definition) is 5. The minimum atomic E-state index is -4.71. The second-order valence-corrected chi connectivity index (χ2v) is 10.6. The summed E-state index contributed by atoms with van der Waals surface area (Å²) in [4.78, 5) is 45.9. The fourth-order valence-electron chi connectivity index (χ4n) is 5.79. The summed E-state index contributed by atoms with van der Waals surface area (Å²) in [6.45, 7) is 7.32. The number of morpholine rings is 1. The van der Waals surface area contributed by atoms with Gasteiger partial charge in [0.1, 0.15) is 6.04 Å². The second kappa shape index (κ2) is 13.0. The molecule has 3 heterocycles. The van der Waals surface area contributed by atoms with Gasteiger partial charge in [-0.25, -0.2) is 4.79 Å². The number of benzene rings is 2. The Morgan fingerprint density at radius 3 is 2.49 bits per heavy atom. The zero-order valence-corrected chi connectivity index (χ0v) is 23.6. The minimum Gasteiger partial charge on any atom is -0.379 e. The van der Waals surface area contributed by atoms with Crippen LogP contribution in [-0.2, 0) is 26.9 Å². The zero-order valence-electron chi connectivity index (χ0n) is 23.6. The van der Waals surface area contributed by atoms with Crippen LogP contribution >= 0.6 is 0 Å². The summed E-state index contributed by atoms with van der Waals surface area (Å²) in [7, 11) is 0. The van der Waals surface area contributed by atoms with Gasteiger partial charge in [-0.3, -0.25) is 19.4 Å². The first kappa shape index (κ1) is 30.3. The Hall–Kier alpha value is -4.16. The van der Waals surface area contributed by atoms with Crippen LogP contribution in [0.1, 0.15) is 22.7 Å². The predicted octanol–water partition coefficient (Wildman–Crippen LogP) is 3.11. The molecule has 2 N–H and O–H groups in total. The molecule has 1 fully saturated rings. The van der Waals surface area contributed by atoms with Gasteiger partial charge in [-0.05, 0) is 17.2 Å². The second-order valence-electron chi connectivity index (χ2n) is 10.6. The van der Waals surface area contributed by atoms with Crippen molar-refractivity contribution in [2.75, 3.05) is 52.5 Å². The molecule has 0 bridgehead atoms. The third-order valence-corrected chi connectivity index (χ3v) is 7.92. The normalized spacial score (nSPS) is 20.1. The van der Waals surface area contributed by atoms with Crippen LogP contribution in [0.3, 0.4) is 0 Å². The Bertz CT molecular complexity index is 1390. The van der Waals surface area contributed by atoms with Crippen molar-refractivity contribution in [2.45, 2.75) is 24.7 Å². The van der Waals surface area contributed by atoms with E-state index < -0.39 is 35.8 Å². The monoisotopic (exact) mass is 597 g/mol. The molecule has 1 saturated heterocycles. The van der Waals surface area contributed by atoms with E-state index in [1.807, 2.05) is 30.3 Å². The van der Waals surface area contributed by atoms with Crippen molar-refractivity contribution in [1.82, 2.24) is 25.3 Å². The number of carbonyl (C=O) groups excluding carboxylic acids is 3. The summed E-state index contributed by atoms with van der Waals surface area (Å²) in [5, 5.41) is 5.56. The Kier molecular flexibility index (Phi) is 9.16. The molecule has 0 spiro atoms. The molecule has 0 radical (unpaired) electrons. The van der Waals surface area contributed by atoms with Crippen molar-refractivity contribution in [3.63, 3.8) is 0 Å². The standard InChI is InChI=1S/C31H34F3N5O4/c1-2-13-38-25-20-39(29(41)26(25)27(36-30(38)42)22-10-6-7-11-23(22)31(32,33)34)24(19-21-8-4-3-5-9-21)28(40)35-12-14-37-15-17-43-18-16-37/h2-11,24,27H,1,12-20H2,(H,35,40)(H,36,42)/t24-,27-/m0/s1. The highest BCUT2D eigenvalue weighted by molar-refractivity contribution is 6.03. The van der Waals surface area contributed by atoms with Gasteiger partial charge in [0.15, 0.2) is 0 Å². The van der Waals surface area contributed by atoms with Gasteiger partial charge in [0.05, 0.1) is 42.6 Å². The van der Waals surface area contributed by atoms with Crippen LogP contribution in [0.5, 0.6) is 0 Å². The lowest BCUT2D eigenvalue weighted by atomic mass is 9.91. The number of halogens is 3. The van der Waals surface area contributed by atoms with Crippen LogP contribution in [0.2, 0.25) is 0 Å². The first-order valence-electron chi connectivity index (χ1n) is 14.2. The summed E-state index contributed by atoms with van der Waals surface area (Å²) in [5.41, 5.74) is -0.104. The van der Waals surface area contributed by atoms with E-state index in [-0.39, 0.29) is 42.3 Å². The molecule has 0 aromatic heterocycles. The van der Waals surface area contributed by atoms with Gasteiger partial charge < -0.3 is 20.3 Å². The lowest BCUT2D eigenvalue weighted by molar-refractivity contribution is -0.138. The summed E-state index contributed by atoms with van der Waals surface area (Å²) in [6.07, 6.45) is -3.05. The molecule has 5 rings (SSSR count). The maximum absolute atomic E-state index is 14.2. The van der Waals surface area contributed by atoms with E-state index in [0.717, 1.165) is 24.7 Å². The summed E-state index contributed by atoms with van der Waals surface area (Å²) in [6, 6.07) is 11.1. The van der Waals surface area contributed by atoms with Crippen molar-refractivity contribution >= 4 is 17.8 Å². The van der Waals surface area contributed by atoms with E-state index in [1.165, 1.54) is 34.1 Å². The number of nitrogens with zero attached hydrogens (tertiary/aromatic N) is 3. The van der Waals surface area contributed by atoms with Crippen LogP contribution < -0.4 is 10.6 Å². The first-order valence-corrected chi connectivity index (χ1v) is 14.2. The van der Waals surface area contributed by atoms with Gasteiger partial charge >= 0.3 is 12.2 Å². The molecule has 9 nitrogen and oxygen atoms in total. The fourth-order valence-corrected chi connectivity index (χ4v) is 5.79. The van der Waals surface area contributed by atoms with Crippen molar-refractivity contribution in [3.05, 3.63) is 95.2 Å². The van der Waals surface area contributed by atoms with Gasteiger partial charge in [0.2, 0.25) is 5.91 Å². The molecular weight excluding hydrogens is 563 g/mol. The zero-order chi connectivity index (χ0) is 30.6. The van der Waals surface area contributed by atoms with Crippen molar-refractivity contribution in [1.29, 1.82) is 0 Å². The Labute approximate surface area is 247 Å². The highest BCUT2D eigenvalue weighted by atomic mass is 19.4. The number of amides is 4. The SMILES string of the molecule is C=CCN1C(=O)N[C@@H](c2ccccc2C(F)(F)F)C2=C1CN([C@@H](Cc1ccccc1)C(=O)NCCN1CCOCC1)C2=O. The van der Waals surface area contributed by atoms with E-state index in [4.69, 9.17) is 4.74 Å². The highest BCUT2D eigenvalue weighted by Crippen LogP contribution is 2.42. The van der Waals surface area contributed by atoms with Crippen LogP contribution in [0.4, 0.5) is 18.0 Å². The molecular formula is C31H34F3N5O4. The van der Waals surface area contributed by atoms with E-state index in [2.05, 4.69) is 22.1 Å². The average Bonchev–Trinajstić information content (AvgIpc) is 3.34. The molecule has 3 aliphatic heterocycles. The molecule has 0 unspecified atom stereocenters. The maximum Gasteiger partial charge on any atom is 0.416 e. The number of carbonyl (C=O) groups is 3. The summed E-state index contributed by atoms with van der Waals surface area (Å²) in [5.74, 6) is -0.984.